The van der Waals surface area contributed by atoms with E-state index in [1.807, 2.05) is 6.07 Å². The minimum Gasteiger partial charge on any atom is -0.495 e. The van der Waals surface area contributed by atoms with Crippen molar-refractivity contribution in [2.24, 2.45) is 11.8 Å². The first-order valence-corrected chi connectivity index (χ1v) is 12.9. The first-order valence-electron chi connectivity index (χ1n) is 11.7. The third-order valence-corrected chi connectivity index (χ3v) is 7.10. The largest absolute Gasteiger partial charge is 0.495 e. The standard InChI is InChI=1S/C26H30BrClN2O6/c1-4-36-26(33)17-8-6-16(7-9-17)24(31)30-21-13-23(35-3)19(27)12-18(21)25(32)29-14-15-5-10-22(34-2)20(28)11-15/h5,10-13,16-17H,4,6-9,14H2,1-3H3,(H,29,32)(H,30,31). The first-order chi connectivity index (χ1) is 17.3. The normalized spacial score (nSPS) is 17.1. The van der Waals surface area contributed by atoms with Crippen molar-refractivity contribution in [1.82, 2.24) is 5.32 Å². The van der Waals surface area contributed by atoms with Gasteiger partial charge in [-0.2, -0.15) is 0 Å². The van der Waals surface area contributed by atoms with Crippen LogP contribution in [0, 0.1) is 11.8 Å². The highest BCUT2D eigenvalue weighted by molar-refractivity contribution is 9.10. The van der Waals surface area contributed by atoms with Gasteiger partial charge < -0.3 is 24.8 Å². The minimum atomic E-state index is -0.369. The van der Waals surface area contributed by atoms with Crippen molar-refractivity contribution in [2.45, 2.75) is 39.2 Å². The molecule has 8 nitrogen and oxygen atoms in total. The number of anilines is 1. The lowest BCUT2D eigenvalue weighted by molar-refractivity contribution is -0.150. The highest BCUT2D eigenvalue weighted by Gasteiger charge is 2.31. The molecule has 0 saturated heterocycles. The van der Waals surface area contributed by atoms with Gasteiger partial charge in [0.05, 0.1) is 47.5 Å². The van der Waals surface area contributed by atoms with Crippen LogP contribution in [-0.4, -0.2) is 38.6 Å². The Morgan fingerprint density at radius 2 is 1.67 bits per heavy atom. The molecule has 0 aliphatic heterocycles. The average Bonchev–Trinajstić information content (AvgIpc) is 2.88. The third-order valence-electron chi connectivity index (χ3n) is 6.18. The predicted molar refractivity (Wildman–Crippen MR) is 141 cm³/mol. The van der Waals surface area contributed by atoms with E-state index in [1.165, 1.54) is 14.2 Å². The second kappa shape index (κ2) is 13.0. The number of hydrogen-bond acceptors (Lipinski definition) is 6. The van der Waals surface area contributed by atoms with E-state index in [1.54, 1.807) is 31.2 Å². The summed E-state index contributed by atoms with van der Waals surface area (Å²) in [6, 6.07) is 8.49. The zero-order valence-corrected chi connectivity index (χ0v) is 22.8. The quantitative estimate of drug-likeness (QED) is 0.387. The zero-order valence-electron chi connectivity index (χ0n) is 20.5. The molecular weight excluding hydrogens is 552 g/mol. The van der Waals surface area contributed by atoms with Gasteiger partial charge in [0.25, 0.3) is 5.91 Å². The van der Waals surface area contributed by atoms with Crippen LogP contribution in [0.4, 0.5) is 5.69 Å². The van der Waals surface area contributed by atoms with Crippen LogP contribution >= 0.6 is 27.5 Å². The summed E-state index contributed by atoms with van der Waals surface area (Å²) in [6.45, 7) is 2.36. The van der Waals surface area contributed by atoms with Crippen molar-refractivity contribution in [1.29, 1.82) is 0 Å². The molecule has 0 radical (unpaired) electrons. The van der Waals surface area contributed by atoms with Crippen molar-refractivity contribution in [3.8, 4) is 11.5 Å². The molecular formula is C26H30BrClN2O6. The van der Waals surface area contributed by atoms with E-state index in [0.717, 1.165) is 5.56 Å². The molecule has 0 atom stereocenters. The smallest absolute Gasteiger partial charge is 0.308 e. The van der Waals surface area contributed by atoms with Crippen molar-refractivity contribution in [2.75, 3.05) is 26.1 Å². The summed E-state index contributed by atoms with van der Waals surface area (Å²) < 4.78 is 16.2. The maximum Gasteiger partial charge on any atom is 0.308 e. The van der Waals surface area contributed by atoms with Gasteiger partial charge in [-0.05, 0) is 72.3 Å². The van der Waals surface area contributed by atoms with Crippen LogP contribution in [0.1, 0.15) is 48.5 Å². The van der Waals surface area contributed by atoms with Gasteiger partial charge in [0.2, 0.25) is 5.91 Å². The molecule has 0 aromatic heterocycles. The molecule has 1 fully saturated rings. The minimum absolute atomic E-state index is 0.172. The van der Waals surface area contributed by atoms with Gasteiger partial charge in [0.15, 0.2) is 0 Å². The second-order valence-electron chi connectivity index (χ2n) is 8.47. The van der Waals surface area contributed by atoms with Crippen LogP contribution in [0.3, 0.4) is 0 Å². The summed E-state index contributed by atoms with van der Waals surface area (Å²) in [6.07, 6.45) is 2.34. The van der Waals surface area contributed by atoms with Crippen molar-refractivity contribution < 1.29 is 28.6 Å². The molecule has 1 aliphatic carbocycles. The molecule has 3 rings (SSSR count). The third kappa shape index (κ3) is 6.91. The number of halogens is 2. The lowest BCUT2D eigenvalue weighted by Gasteiger charge is -2.26. The number of carbonyl (C=O) groups excluding carboxylic acids is 3. The molecule has 2 aromatic rings. The van der Waals surface area contributed by atoms with E-state index in [9.17, 15) is 14.4 Å². The van der Waals surface area contributed by atoms with Crippen LogP contribution in [0.15, 0.2) is 34.8 Å². The van der Waals surface area contributed by atoms with E-state index in [0.29, 0.717) is 59.0 Å². The predicted octanol–water partition coefficient (Wildman–Crippen LogP) is 5.36. The Morgan fingerprint density at radius 3 is 2.28 bits per heavy atom. The summed E-state index contributed by atoms with van der Waals surface area (Å²) in [7, 11) is 3.04. The van der Waals surface area contributed by atoms with Crippen LogP contribution in [0.25, 0.3) is 0 Å². The molecule has 2 aromatic carbocycles. The SMILES string of the molecule is CCOC(=O)C1CCC(C(=O)Nc2cc(OC)c(Br)cc2C(=O)NCc2ccc(OC)c(Cl)c2)CC1. The monoisotopic (exact) mass is 580 g/mol. The molecule has 1 aliphatic rings. The Hall–Kier alpha value is -2.78. The molecule has 2 amide bonds. The molecule has 1 saturated carbocycles. The first kappa shape index (κ1) is 27.8. The van der Waals surface area contributed by atoms with Crippen LogP contribution in [0.5, 0.6) is 11.5 Å². The molecule has 0 bridgehead atoms. The molecule has 0 heterocycles. The fourth-order valence-electron chi connectivity index (χ4n) is 4.18. The summed E-state index contributed by atoms with van der Waals surface area (Å²) >= 11 is 9.60. The highest BCUT2D eigenvalue weighted by Crippen LogP contribution is 2.34. The van der Waals surface area contributed by atoms with Crippen LogP contribution < -0.4 is 20.1 Å². The van der Waals surface area contributed by atoms with Crippen molar-refractivity contribution in [3.63, 3.8) is 0 Å². The highest BCUT2D eigenvalue weighted by atomic mass is 79.9. The Labute approximate surface area is 224 Å². The lowest BCUT2D eigenvalue weighted by Crippen LogP contribution is -2.31. The van der Waals surface area contributed by atoms with Gasteiger partial charge in [-0.15, -0.1) is 0 Å². The number of amides is 2. The Morgan fingerprint density at radius 1 is 1.00 bits per heavy atom. The number of carbonyl (C=O) groups is 3. The van der Waals surface area contributed by atoms with Crippen LogP contribution in [0.2, 0.25) is 5.02 Å². The van der Waals surface area contributed by atoms with Crippen LogP contribution in [-0.2, 0) is 20.9 Å². The van der Waals surface area contributed by atoms with Gasteiger partial charge in [-0.3, -0.25) is 14.4 Å². The zero-order chi connectivity index (χ0) is 26.2. The summed E-state index contributed by atoms with van der Waals surface area (Å²) in [4.78, 5) is 38.2. The number of rotatable bonds is 9. The van der Waals surface area contributed by atoms with Gasteiger partial charge in [-0.25, -0.2) is 0 Å². The number of methoxy groups -OCH3 is 2. The van der Waals surface area contributed by atoms with Gasteiger partial charge in [0.1, 0.15) is 11.5 Å². The average molecular weight is 582 g/mol. The fourth-order valence-corrected chi connectivity index (χ4v) is 4.97. The molecule has 0 spiro atoms. The van der Waals surface area contributed by atoms with E-state index in [4.69, 9.17) is 25.8 Å². The van der Waals surface area contributed by atoms with Crippen molar-refractivity contribution in [3.05, 3.63) is 51.0 Å². The summed E-state index contributed by atoms with van der Waals surface area (Å²) in [5.74, 6) is -0.172. The van der Waals surface area contributed by atoms with Gasteiger partial charge in [-0.1, -0.05) is 17.7 Å². The van der Waals surface area contributed by atoms with E-state index < -0.39 is 0 Å². The lowest BCUT2D eigenvalue weighted by atomic mass is 9.81. The van der Waals surface area contributed by atoms with E-state index in [-0.39, 0.29) is 41.7 Å². The topological polar surface area (TPSA) is 103 Å². The summed E-state index contributed by atoms with van der Waals surface area (Å²) in [5.41, 5.74) is 1.43. The van der Waals surface area contributed by atoms with Gasteiger partial charge in [0, 0.05) is 18.5 Å². The van der Waals surface area contributed by atoms with E-state index in [2.05, 4.69) is 26.6 Å². The number of nitrogens with one attached hydrogen (secondary N) is 2. The maximum absolute atomic E-state index is 13.1. The Balaban J connectivity index is 1.71. The molecule has 194 valence electrons. The molecule has 10 heteroatoms. The summed E-state index contributed by atoms with van der Waals surface area (Å²) in [5, 5.41) is 6.21. The number of esters is 1. The van der Waals surface area contributed by atoms with Gasteiger partial charge >= 0.3 is 5.97 Å². The number of ether oxygens (including phenoxy) is 3. The van der Waals surface area contributed by atoms with E-state index >= 15 is 0 Å². The molecule has 0 unspecified atom stereocenters. The number of benzene rings is 2. The maximum atomic E-state index is 13.1. The second-order valence-corrected chi connectivity index (χ2v) is 9.74. The Bertz CT molecular complexity index is 1120. The van der Waals surface area contributed by atoms with Crippen molar-refractivity contribution >= 4 is 51.0 Å². The molecule has 36 heavy (non-hydrogen) atoms. The molecule has 2 N–H and O–H groups in total. The fraction of sp³-hybridized carbons (Fsp3) is 0.423. The number of hydrogen-bond donors (Lipinski definition) is 2. The Kier molecular flexibility index (Phi) is 10.0.